The molecule has 1 heterocycles. The molecule has 0 aliphatic heterocycles. The van der Waals surface area contributed by atoms with E-state index < -0.39 is 24.9 Å². The largest absolute Gasteiger partial charge is 0.456 e. The second-order valence-electron chi connectivity index (χ2n) is 6.90. The summed E-state index contributed by atoms with van der Waals surface area (Å²) in [6, 6.07) is 10.7. The van der Waals surface area contributed by atoms with Crippen LogP contribution in [0.4, 0.5) is 0 Å². The van der Waals surface area contributed by atoms with E-state index >= 15 is 0 Å². The Kier molecular flexibility index (Phi) is 5.77. The van der Waals surface area contributed by atoms with Crippen LogP contribution in [-0.2, 0) is 16.1 Å². The van der Waals surface area contributed by atoms with E-state index in [2.05, 4.69) is 5.10 Å². The SMILES string of the molecule is Cc1cc(C(=O)COC(=O)Cn2nc(-c3ccccc3)oc2=O)c(C)c(C)c1C. The van der Waals surface area contributed by atoms with Crippen molar-refractivity contribution in [2.75, 3.05) is 6.61 Å². The lowest BCUT2D eigenvalue weighted by atomic mass is 9.93. The van der Waals surface area contributed by atoms with E-state index in [0.717, 1.165) is 26.9 Å². The second-order valence-corrected chi connectivity index (χ2v) is 6.90. The Morgan fingerprint density at radius 3 is 2.41 bits per heavy atom. The first-order valence-electron chi connectivity index (χ1n) is 9.17. The molecule has 29 heavy (non-hydrogen) atoms. The minimum absolute atomic E-state index is 0.112. The predicted octanol–water partition coefficient (Wildman–Crippen LogP) is 3.16. The lowest BCUT2D eigenvalue weighted by Gasteiger charge is -2.13. The highest BCUT2D eigenvalue weighted by Crippen LogP contribution is 2.21. The Balaban J connectivity index is 1.66. The van der Waals surface area contributed by atoms with E-state index in [-0.39, 0.29) is 11.7 Å². The number of aromatic nitrogens is 2. The number of rotatable bonds is 6. The highest BCUT2D eigenvalue weighted by Gasteiger charge is 2.18. The summed E-state index contributed by atoms with van der Waals surface area (Å²) in [5.74, 6) is -1.69. The summed E-state index contributed by atoms with van der Waals surface area (Å²) < 4.78 is 11.0. The molecule has 0 N–H and O–H groups in total. The van der Waals surface area contributed by atoms with E-state index in [1.165, 1.54) is 0 Å². The van der Waals surface area contributed by atoms with Gasteiger partial charge in [-0.1, -0.05) is 18.2 Å². The van der Waals surface area contributed by atoms with Crippen LogP contribution in [-0.4, -0.2) is 28.1 Å². The predicted molar refractivity (Wildman–Crippen MR) is 107 cm³/mol. The summed E-state index contributed by atoms with van der Waals surface area (Å²) in [5.41, 5.74) is 5.20. The van der Waals surface area contributed by atoms with Gasteiger partial charge >= 0.3 is 11.7 Å². The fourth-order valence-corrected chi connectivity index (χ4v) is 3.00. The van der Waals surface area contributed by atoms with Crippen molar-refractivity contribution in [2.45, 2.75) is 34.2 Å². The zero-order valence-electron chi connectivity index (χ0n) is 16.8. The van der Waals surface area contributed by atoms with Crippen molar-refractivity contribution in [1.82, 2.24) is 9.78 Å². The van der Waals surface area contributed by atoms with Crippen LogP contribution in [0.1, 0.15) is 32.6 Å². The zero-order valence-corrected chi connectivity index (χ0v) is 16.8. The van der Waals surface area contributed by atoms with Gasteiger partial charge in [-0.3, -0.25) is 9.59 Å². The van der Waals surface area contributed by atoms with Gasteiger partial charge in [-0.15, -0.1) is 5.10 Å². The van der Waals surface area contributed by atoms with Crippen molar-refractivity contribution in [3.8, 4) is 11.5 Å². The molecule has 0 radical (unpaired) electrons. The van der Waals surface area contributed by atoms with Crippen LogP contribution in [0, 0.1) is 27.7 Å². The third-order valence-corrected chi connectivity index (χ3v) is 5.05. The van der Waals surface area contributed by atoms with Crippen LogP contribution < -0.4 is 5.76 Å². The maximum Gasteiger partial charge on any atom is 0.437 e. The Labute approximate surface area is 167 Å². The molecule has 0 bridgehead atoms. The van der Waals surface area contributed by atoms with Gasteiger partial charge in [0.25, 0.3) is 0 Å². The highest BCUT2D eigenvalue weighted by molar-refractivity contribution is 5.99. The molecule has 7 nitrogen and oxygen atoms in total. The summed E-state index contributed by atoms with van der Waals surface area (Å²) in [5, 5.41) is 4.00. The highest BCUT2D eigenvalue weighted by atomic mass is 16.5. The molecule has 3 aromatic rings. The molecule has 0 aliphatic carbocycles. The first-order valence-corrected chi connectivity index (χ1v) is 9.17. The average Bonchev–Trinajstić information content (AvgIpc) is 3.08. The molecule has 2 aromatic carbocycles. The lowest BCUT2D eigenvalue weighted by molar-refractivity contribution is -0.143. The van der Waals surface area contributed by atoms with Gasteiger partial charge in [-0.05, 0) is 68.1 Å². The first-order chi connectivity index (χ1) is 13.8. The van der Waals surface area contributed by atoms with Gasteiger partial charge in [0, 0.05) is 11.1 Å². The third-order valence-electron chi connectivity index (χ3n) is 5.05. The van der Waals surface area contributed by atoms with Gasteiger partial charge in [0.05, 0.1) is 0 Å². The molecule has 0 fully saturated rings. The number of aryl methyl sites for hydroxylation is 1. The zero-order chi connectivity index (χ0) is 21.1. The van der Waals surface area contributed by atoms with E-state index in [4.69, 9.17) is 9.15 Å². The Morgan fingerprint density at radius 1 is 1.03 bits per heavy atom. The summed E-state index contributed by atoms with van der Waals surface area (Å²) in [4.78, 5) is 36.5. The quantitative estimate of drug-likeness (QED) is 0.471. The maximum absolute atomic E-state index is 12.5. The van der Waals surface area contributed by atoms with Crippen molar-refractivity contribution < 1.29 is 18.7 Å². The van der Waals surface area contributed by atoms with Crippen LogP contribution in [0.25, 0.3) is 11.5 Å². The minimum atomic E-state index is -0.771. The number of nitrogens with zero attached hydrogens (tertiary/aromatic N) is 2. The molecule has 7 heteroatoms. The van der Waals surface area contributed by atoms with Gasteiger partial charge in [0.2, 0.25) is 11.7 Å². The van der Waals surface area contributed by atoms with Crippen molar-refractivity contribution >= 4 is 11.8 Å². The van der Waals surface area contributed by atoms with Crippen LogP contribution in [0.2, 0.25) is 0 Å². The van der Waals surface area contributed by atoms with Gasteiger partial charge in [0.1, 0.15) is 6.54 Å². The molecule has 0 saturated carbocycles. The standard InChI is InChI=1S/C22H22N2O5/c1-13-10-18(16(4)15(3)14(13)2)19(25)12-28-20(26)11-24-22(27)29-21(23-24)17-8-6-5-7-9-17/h5-10H,11-12H2,1-4H3. The summed E-state index contributed by atoms with van der Waals surface area (Å²) in [6.07, 6.45) is 0. The molecule has 0 atom stereocenters. The molecule has 0 amide bonds. The van der Waals surface area contributed by atoms with Gasteiger partial charge in [-0.2, -0.15) is 4.68 Å². The fraction of sp³-hybridized carbons (Fsp3) is 0.273. The monoisotopic (exact) mass is 394 g/mol. The number of ketones is 1. The number of benzene rings is 2. The molecular weight excluding hydrogens is 372 g/mol. The van der Waals surface area contributed by atoms with Crippen molar-refractivity contribution in [2.24, 2.45) is 0 Å². The fourth-order valence-electron chi connectivity index (χ4n) is 3.00. The third kappa shape index (κ3) is 4.34. The smallest absolute Gasteiger partial charge is 0.437 e. The molecule has 3 rings (SSSR count). The molecule has 1 aromatic heterocycles. The van der Waals surface area contributed by atoms with Crippen molar-refractivity contribution in [1.29, 1.82) is 0 Å². The van der Waals surface area contributed by atoms with E-state index in [1.54, 1.807) is 24.3 Å². The number of hydrogen-bond donors (Lipinski definition) is 0. The van der Waals surface area contributed by atoms with E-state index in [1.807, 2.05) is 39.8 Å². The van der Waals surface area contributed by atoms with Gasteiger partial charge < -0.3 is 9.15 Å². The van der Waals surface area contributed by atoms with E-state index in [9.17, 15) is 14.4 Å². The average molecular weight is 394 g/mol. The van der Waals surface area contributed by atoms with E-state index in [0.29, 0.717) is 11.1 Å². The van der Waals surface area contributed by atoms with Gasteiger partial charge in [0.15, 0.2) is 6.61 Å². The summed E-state index contributed by atoms with van der Waals surface area (Å²) in [7, 11) is 0. The molecular formula is C22H22N2O5. The topological polar surface area (TPSA) is 91.4 Å². The van der Waals surface area contributed by atoms with Crippen molar-refractivity contribution in [3.63, 3.8) is 0 Å². The Hall–Kier alpha value is -3.48. The molecule has 0 unspecified atom stereocenters. The molecule has 0 saturated heterocycles. The number of carbonyl (C=O) groups excluding carboxylic acids is 2. The Bertz CT molecular complexity index is 1130. The number of hydrogen-bond acceptors (Lipinski definition) is 6. The first kappa shape index (κ1) is 20.3. The molecule has 0 aliphatic rings. The number of esters is 1. The maximum atomic E-state index is 12.5. The van der Waals surface area contributed by atoms with Crippen LogP contribution in [0.5, 0.6) is 0 Å². The van der Waals surface area contributed by atoms with Crippen LogP contribution in [0.15, 0.2) is 45.6 Å². The molecule has 150 valence electrons. The summed E-state index contributed by atoms with van der Waals surface area (Å²) >= 11 is 0. The number of Topliss-reactive ketones (excluding diaryl/α,β-unsaturated/α-hetero) is 1. The normalized spacial score (nSPS) is 10.8. The summed E-state index contributed by atoms with van der Waals surface area (Å²) in [6.45, 7) is 6.93. The Morgan fingerprint density at radius 2 is 1.72 bits per heavy atom. The van der Waals surface area contributed by atoms with Gasteiger partial charge in [-0.25, -0.2) is 4.79 Å². The number of carbonyl (C=O) groups is 2. The van der Waals surface area contributed by atoms with Crippen molar-refractivity contribution in [3.05, 3.63) is 74.8 Å². The lowest BCUT2D eigenvalue weighted by Crippen LogP contribution is -2.25. The van der Waals surface area contributed by atoms with Crippen LogP contribution in [0.3, 0.4) is 0 Å². The second kappa shape index (κ2) is 8.26. The number of ether oxygens (including phenoxy) is 1. The molecule has 0 spiro atoms. The minimum Gasteiger partial charge on any atom is -0.456 e. The van der Waals surface area contributed by atoms with Crippen LogP contribution >= 0.6 is 0 Å².